The number of carboxylic acids is 1. The molecular formula is C22H22N5O4S-. The highest BCUT2D eigenvalue weighted by atomic mass is 32.2. The first-order valence-corrected chi connectivity index (χ1v) is 10.9. The molecule has 4 rings (SSSR count). The van der Waals surface area contributed by atoms with E-state index < -0.39 is 12.1 Å². The summed E-state index contributed by atoms with van der Waals surface area (Å²) in [6.07, 6.45) is 4.25. The molecule has 0 saturated carbocycles. The predicted molar refractivity (Wildman–Crippen MR) is 118 cm³/mol. The number of rotatable bonds is 9. The molecule has 10 heteroatoms. The number of carbonyl (C=O) groups excluding carboxylic acids is 1. The molecule has 0 fully saturated rings. The van der Waals surface area contributed by atoms with E-state index in [9.17, 15) is 9.90 Å². The van der Waals surface area contributed by atoms with Crippen molar-refractivity contribution in [2.75, 3.05) is 24.1 Å². The fraction of sp³-hybridized carbons (Fsp3) is 0.273. The van der Waals surface area contributed by atoms with E-state index in [4.69, 9.17) is 9.47 Å². The van der Waals surface area contributed by atoms with Gasteiger partial charge in [0.15, 0.2) is 5.82 Å². The van der Waals surface area contributed by atoms with E-state index in [2.05, 4.69) is 38.5 Å². The van der Waals surface area contributed by atoms with Crippen LogP contribution < -0.4 is 20.1 Å². The average molecular weight is 453 g/mol. The molecule has 0 aliphatic carbocycles. The second kappa shape index (κ2) is 9.84. The van der Waals surface area contributed by atoms with Gasteiger partial charge in [-0.3, -0.25) is 4.90 Å². The van der Waals surface area contributed by atoms with Gasteiger partial charge in [0, 0.05) is 37.0 Å². The van der Waals surface area contributed by atoms with Gasteiger partial charge < -0.3 is 24.7 Å². The highest BCUT2D eigenvalue weighted by molar-refractivity contribution is 7.99. The van der Waals surface area contributed by atoms with Crippen LogP contribution in [-0.2, 0) is 16.1 Å². The molecule has 0 saturated heterocycles. The summed E-state index contributed by atoms with van der Waals surface area (Å²) in [6.45, 7) is 2.66. The molecule has 166 valence electrons. The minimum Gasteiger partial charge on any atom is -0.546 e. The molecule has 3 aromatic rings. The number of benzene rings is 1. The molecule has 0 radical (unpaired) electrons. The summed E-state index contributed by atoms with van der Waals surface area (Å²) in [4.78, 5) is 27.2. The van der Waals surface area contributed by atoms with E-state index in [1.165, 1.54) is 0 Å². The zero-order chi connectivity index (χ0) is 22.5. The summed E-state index contributed by atoms with van der Waals surface area (Å²) >= 11 is 1.58. The number of methoxy groups -OCH3 is 1. The lowest BCUT2D eigenvalue weighted by Crippen LogP contribution is -2.39. The maximum atomic E-state index is 11.0. The van der Waals surface area contributed by atoms with Crippen molar-refractivity contribution >= 4 is 34.9 Å². The lowest BCUT2D eigenvalue weighted by atomic mass is 10.1. The molecule has 1 N–H and O–H groups in total. The number of carbonyl (C=O) groups is 1. The van der Waals surface area contributed by atoms with Crippen LogP contribution in [0.3, 0.4) is 0 Å². The second-order valence-corrected chi connectivity index (χ2v) is 8.04. The van der Waals surface area contributed by atoms with Crippen LogP contribution in [0.4, 0.5) is 17.2 Å². The van der Waals surface area contributed by atoms with Gasteiger partial charge in [0.2, 0.25) is 5.88 Å². The van der Waals surface area contributed by atoms with E-state index in [1.54, 1.807) is 56.5 Å². The van der Waals surface area contributed by atoms with E-state index in [-0.39, 0.29) is 5.88 Å². The molecule has 3 heterocycles. The first-order valence-electron chi connectivity index (χ1n) is 10.0. The van der Waals surface area contributed by atoms with E-state index in [1.807, 2.05) is 4.90 Å². The zero-order valence-electron chi connectivity index (χ0n) is 17.6. The Morgan fingerprint density at radius 2 is 2.06 bits per heavy atom. The van der Waals surface area contributed by atoms with Crippen molar-refractivity contribution in [2.45, 2.75) is 35.9 Å². The van der Waals surface area contributed by atoms with Crippen LogP contribution >= 0.6 is 11.8 Å². The summed E-state index contributed by atoms with van der Waals surface area (Å²) in [5.41, 5.74) is 2.87. The van der Waals surface area contributed by atoms with Crippen LogP contribution in [0.5, 0.6) is 5.88 Å². The van der Waals surface area contributed by atoms with E-state index in [0.29, 0.717) is 19.7 Å². The Labute approximate surface area is 189 Å². The molecule has 2 aromatic heterocycles. The van der Waals surface area contributed by atoms with Crippen LogP contribution in [0.15, 0.2) is 58.8 Å². The molecule has 1 aliphatic rings. The molecule has 0 spiro atoms. The lowest BCUT2D eigenvalue weighted by Gasteiger charge is -2.30. The molecule has 1 aromatic carbocycles. The molecule has 0 amide bonds. The van der Waals surface area contributed by atoms with Crippen molar-refractivity contribution in [3.05, 3.63) is 54.5 Å². The number of ether oxygens (including phenoxy) is 2. The van der Waals surface area contributed by atoms with Gasteiger partial charge >= 0.3 is 0 Å². The van der Waals surface area contributed by atoms with Gasteiger partial charge in [-0.2, -0.15) is 0 Å². The summed E-state index contributed by atoms with van der Waals surface area (Å²) in [7, 11) is 1.65. The van der Waals surface area contributed by atoms with Crippen LogP contribution in [-0.4, -0.2) is 40.9 Å². The topological polar surface area (TPSA) is 113 Å². The number of aromatic nitrogens is 3. The fourth-order valence-electron chi connectivity index (χ4n) is 3.23. The van der Waals surface area contributed by atoms with Crippen molar-refractivity contribution in [2.24, 2.45) is 0 Å². The summed E-state index contributed by atoms with van der Waals surface area (Å²) in [5.74, 6) is -0.232. The smallest absolute Gasteiger partial charge is 0.213 e. The zero-order valence-corrected chi connectivity index (χ0v) is 18.5. The Morgan fingerprint density at radius 3 is 2.78 bits per heavy atom. The van der Waals surface area contributed by atoms with Crippen LogP contribution in [0, 0.1) is 0 Å². The Bertz CT molecular complexity index is 1100. The molecule has 0 bridgehead atoms. The number of nitrogens with zero attached hydrogens (tertiary/aromatic N) is 4. The number of fused-ring (bicyclic) bond motifs is 2. The number of hydrogen-bond donors (Lipinski definition) is 1. The molecule has 1 aliphatic heterocycles. The SMILES string of the molecule is CCC(Oc1ccc(NCc2ccc3c(c2)N(COC)c2nccnc2S3)cn1)C(=O)[O-]. The van der Waals surface area contributed by atoms with Gasteiger partial charge in [0.25, 0.3) is 0 Å². The molecule has 1 atom stereocenters. The maximum Gasteiger partial charge on any atom is 0.213 e. The third-order valence-corrected chi connectivity index (χ3v) is 5.86. The fourth-order valence-corrected chi connectivity index (χ4v) is 4.21. The molecule has 9 nitrogen and oxygen atoms in total. The number of anilines is 3. The first kappa shape index (κ1) is 21.8. The summed E-state index contributed by atoms with van der Waals surface area (Å²) in [6, 6.07) is 9.65. The second-order valence-electron chi connectivity index (χ2n) is 7.01. The predicted octanol–water partition coefficient (Wildman–Crippen LogP) is 2.60. The van der Waals surface area contributed by atoms with Crippen LogP contribution in [0.2, 0.25) is 0 Å². The normalized spacial score (nSPS) is 13.1. The minimum atomic E-state index is -1.25. The maximum absolute atomic E-state index is 11.0. The average Bonchev–Trinajstić information content (AvgIpc) is 2.81. The number of hydrogen-bond acceptors (Lipinski definition) is 10. The van der Waals surface area contributed by atoms with Crippen LogP contribution in [0.1, 0.15) is 18.9 Å². The molecule has 1 unspecified atom stereocenters. The van der Waals surface area contributed by atoms with Gasteiger partial charge in [-0.15, -0.1) is 0 Å². The highest BCUT2D eigenvalue weighted by Gasteiger charge is 2.25. The molecular weight excluding hydrogens is 430 g/mol. The minimum absolute atomic E-state index is 0.243. The Hall–Kier alpha value is -3.37. The first-order chi connectivity index (χ1) is 15.6. The van der Waals surface area contributed by atoms with Gasteiger partial charge in [-0.05, 0) is 30.2 Å². The Kier molecular flexibility index (Phi) is 6.72. The summed E-state index contributed by atoms with van der Waals surface area (Å²) in [5, 5.41) is 15.2. The van der Waals surface area contributed by atoms with Gasteiger partial charge in [-0.1, -0.05) is 24.8 Å². The van der Waals surface area contributed by atoms with Crippen molar-refractivity contribution in [1.29, 1.82) is 0 Å². The Morgan fingerprint density at radius 1 is 1.22 bits per heavy atom. The van der Waals surface area contributed by atoms with Gasteiger partial charge in [-0.25, -0.2) is 15.0 Å². The lowest BCUT2D eigenvalue weighted by molar-refractivity contribution is -0.313. The largest absolute Gasteiger partial charge is 0.546 e. The number of nitrogens with one attached hydrogen (secondary N) is 1. The Balaban J connectivity index is 1.45. The van der Waals surface area contributed by atoms with Crippen molar-refractivity contribution < 1.29 is 19.4 Å². The quantitative estimate of drug-likeness (QED) is 0.520. The third-order valence-electron chi connectivity index (χ3n) is 4.81. The third kappa shape index (κ3) is 4.76. The number of carboxylic acid groups (broad SMARTS) is 1. The van der Waals surface area contributed by atoms with Crippen LogP contribution in [0.25, 0.3) is 0 Å². The van der Waals surface area contributed by atoms with Crippen molar-refractivity contribution in [1.82, 2.24) is 15.0 Å². The monoisotopic (exact) mass is 452 g/mol. The van der Waals surface area contributed by atoms with Crippen molar-refractivity contribution in [3.63, 3.8) is 0 Å². The van der Waals surface area contributed by atoms with E-state index >= 15 is 0 Å². The van der Waals surface area contributed by atoms with E-state index in [0.717, 1.165) is 32.7 Å². The van der Waals surface area contributed by atoms with Crippen molar-refractivity contribution in [3.8, 4) is 5.88 Å². The van der Waals surface area contributed by atoms with Gasteiger partial charge in [0.05, 0.1) is 23.5 Å². The molecule has 32 heavy (non-hydrogen) atoms. The standard InChI is InChI=1S/C22H23N5O4S/c1-3-17(22(28)29)31-19-7-5-15(12-26-19)25-11-14-4-6-18-16(10-14)27(13-30-2)20-21(32-18)24-9-8-23-20/h4-10,12,17,25H,3,11,13H2,1-2H3,(H,28,29)/p-1. The number of pyridine rings is 1. The summed E-state index contributed by atoms with van der Waals surface area (Å²) < 4.78 is 10.7. The highest BCUT2D eigenvalue weighted by Crippen LogP contribution is 2.46. The number of aliphatic carboxylic acids is 1. The van der Waals surface area contributed by atoms with Gasteiger partial charge in [0.1, 0.15) is 17.9 Å².